The number of nitrogens with one attached hydrogen (secondary N) is 1. The lowest BCUT2D eigenvalue weighted by Crippen LogP contribution is -2.48. The van der Waals surface area contributed by atoms with Crippen LogP contribution in [0.4, 0.5) is 8.78 Å². The van der Waals surface area contributed by atoms with Crippen molar-refractivity contribution in [1.82, 2.24) is 14.9 Å². The average Bonchev–Trinajstić information content (AvgIpc) is 3.64. The molecule has 2 heterocycles. The number of amides is 1. The fourth-order valence-corrected chi connectivity index (χ4v) is 6.49. The zero-order chi connectivity index (χ0) is 29.6. The van der Waals surface area contributed by atoms with Crippen molar-refractivity contribution in [3.05, 3.63) is 101 Å². The molecule has 3 aromatic carbocycles. The van der Waals surface area contributed by atoms with E-state index in [0.717, 1.165) is 18.4 Å². The largest absolute Gasteiger partial charge is 0.481 e. The number of carbonyl (C=O) groups is 1. The minimum Gasteiger partial charge on any atom is -0.481 e. The number of aliphatic hydroxyl groups is 1. The van der Waals surface area contributed by atoms with Gasteiger partial charge in [0.1, 0.15) is 16.5 Å². The first-order valence-electron chi connectivity index (χ1n) is 13.9. The van der Waals surface area contributed by atoms with Crippen molar-refractivity contribution in [3.63, 3.8) is 0 Å². The quantitative estimate of drug-likeness (QED) is 0.240. The highest BCUT2D eigenvalue weighted by molar-refractivity contribution is 6.33. The van der Waals surface area contributed by atoms with Crippen molar-refractivity contribution in [3.8, 4) is 22.6 Å². The van der Waals surface area contributed by atoms with Gasteiger partial charge in [-0.15, -0.1) is 0 Å². The number of rotatable bonds is 7. The van der Waals surface area contributed by atoms with Gasteiger partial charge < -0.3 is 25.5 Å². The normalized spacial score (nSPS) is 23.4. The van der Waals surface area contributed by atoms with Gasteiger partial charge in [0.15, 0.2) is 17.2 Å². The number of primary amides is 1. The maximum Gasteiger partial charge on any atom is 0.252 e. The Morgan fingerprint density at radius 2 is 1.90 bits per heavy atom. The lowest BCUT2D eigenvalue weighted by molar-refractivity contribution is 0.0104. The van der Waals surface area contributed by atoms with Gasteiger partial charge in [0.25, 0.3) is 5.91 Å². The zero-order valence-corrected chi connectivity index (χ0v) is 23.8. The van der Waals surface area contributed by atoms with Crippen LogP contribution in [0.1, 0.15) is 54.1 Å². The van der Waals surface area contributed by atoms with Crippen molar-refractivity contribution in [2.24, 2.45) is 5.73 Å². The number of halogens is 3. The number of aromatic nitrogens is 2. The topological polar surface area (TPSA) is 102 Å². The molecule has 1 aliphatic heterocycles. The molecule has 42 heavy (non-hydrogen) atoms. The molecule has 2 aliphatic rings. The van der Waals surface area contributed by atoms with Gasteiger partial charge in [-0.1, -0.05) is 54.1 Å². The molecule has 1 saturated carbocycles. The summed E-state index contributed by atoms with van der Waals surface area (Å²) >= 11 is 6.25. The van der Waals surface area contributed by atoms with Crippen LogP contribution >= 0.6 is 11.6 Å². The number of ether oxygens (including phenoxy) is 1. The number of imidazole rings is 1. The Kier molecular flexibility index (Phi) is 7.29. The molecular weight excluding hydrogens is 562 g/mol. The molecule has 1 aromatic heterocycles. The standard InChI is InChI=1S/C32H31ClF2N4O3/c1-31(41)12-10-20(11-13-31)38-17-32(19-6-3-2-4-7-19)16-22-21(8-5-9-23(22)42-32)24-25(30(36)40)27(34)26(33)29(28(24)35)39-15-14-37-18-39/h2-9,14-15,18,20,38,41H,10-13,16-17H2,1H3,(H2,36,40)/t20?,31?,32-/m1/s1. The van der Waals surface area contributed by atoms with Gasteiger partial charge in [-0.2, -0.15) is 0 Å². The molecule has 0 bridgehead atoms. The summed E-state index contributed by atoms with van der Waals surface area (Å²) in [6.45, 7) is 2.31. The summed E-state index contributed by atoms with van der Waals surface area (Å²) in [4.78, 5) is 16.5. The van der Waals surface area contributed by atoms with Gasteiger partial charge in [-0.05, 0) is 49.8 Å². The lowest BCUT2D eigenvalue weighted by atomic mass is 9.82. The van der Waals surface area contributed by atoms with Gasteiger partial charge in [0.05, 0.1) is 17.5 Å². The summed E-state index contributed by atoms with van der Waals surface area (Å²) in [5, 5.41) is 13.5. The second-order valence-electron chi connectivity index (χ2n) is 11.4. The summed E-state index contributed by atoms with van der Waals surface area (Å²) in [5.41, 5.74) is 4.75. The van der Waals surface area contributed by atoms with Crippen LogP contribution in [0.15, 0.2) is 67.3 Å². The second-order valence-corrected chi connectivity index (χ2v) is 11.8. The van der Waals surface area contributed by atoms with Crippen molar-refractivity contribution >= 4 is 17.5 Å². The maximum atomic E-state index is 16.4. The molecule has 10 heteroatoms. The number of hydrogen-bond donors (Lipinski definition) is 3. The van der Waals surface area contributed by atoms with Crippen LogP contribution in [-0.4, -0.2) is 38.8 Å². The van der Waals surface area contributed by atoms with E-state index in [1.807, 2.05) is 37.3 Å². The molecule has 1 fully saturated rings. The lowest BCUT2D eigenvalue weighted by Gasteiger charge is -2.36. The van der Waals surface area contributed by atoms with E-state index in [1.54, 1.807) is 18.2 Å². The van der Waals surface area contributed by atoms with Crippen LogP contribution in [0.25, 0.3) is 16.8 Å². The van der Waals surface area contributed by atoms with Crippen molar-refractivity contribution in [1.29, 1.82) is 0 Å². The number of fused-ring (bicyclic) bond motifs is 1. The third kappa shape index (κ3) is 4.95. The van der Waals surface area contributed by atoms with Gasteiger partial charge in [-0.3, -0.25) is 4.79 Å². The molecule has 4 aromatic rings. The molecule has 0 spiro atoms. The Labute approximate surface area is 247 Å². The highest BCUT2D eigenvalue weighted by Crippen LogP contribution is 2.48. The predicted molar refractivity (Wildman–Crippen MR) is 156 cm³/mol. The highest BCUT2D eigenvalue weighted by atomic mass is 35.5. The summed E-state index contributed by atoms with van der Waals surface area (Å²) in [5.74, 6) is -2.64. The van der Waals surface area contributed by atoms with E-state index in [2.05, 4.69) is 10.3 Å². The van der Waals surface area contributed by atoms with Crippen molar-refractivity contribution in [2.75, 3.05) is 6.54 Å². The fourth-order valence-electron chi connectivity index (χ4n) is 6.22. The van der Waals surface area contributed by atoms with Crippen molar-refractivity contribution < 1.29 is 23.4 Å². The SMILES string of the molecule is CC1(O)CCC(NC[C@@]2(c3ccccc3)Cc3c(cccc3-c3c(F)c(-n4ccnc4)c(Cl)c(F)c3C(N)=O)O2)CC1. The number of hydrogen-bond acceptors (Lipinski definition) is 5. The smallest absolute Gasteiger partial charge is 0.252 e. The molecule has 0 unspecified atom stereocenters. The summed E-state index contributed by atoms with van der Waals surface area (Å²) in [6.07, 6.45) is 7.52. The number of nitrogens with two attached hydrogens (primary N) is 1. The van der Waals surface area contributed by atoms with Crippen LogP contribution in [-0.2, 0) is 12.0 Å². The Balaban J connectivity index is 1.45. The summed E-state index contributed by atoms with van der Waals surface area (Å²) in [7, 11) is 0. The molecule has 7 nitrogen and oxygen atoms in total. The number of carbonyl (C=O) groups excluding carboxylic acids is 1. The van der Waals surface area contributed by atoms with Crippen LogP contribution in [0, 0.1) is 11.6 Å². The molecule has 0 radical (unpaired) electrons. The van der Waals surface area contributed by atoms with E-state index < -0.39 is 39.3 Å². The van der Waals surface area contributed by atoms with Gasteiger partial charge in [-0.25, -0.2) is 13.8 Å². The van der Waals surface area contributed by atoms with Gasteiger partial charge in [0, 0.05) is 42.5 Å². The molecular formula is C32H31ClF2N4O3. The van der Waals surface area contributed by atoms with E-state index in [0.29, 0.717) is 42.7 Å². The number of benzene rings is 3. The number of nitrogens with zero attached hydrogens (tertiary/aromatic N) is 2. The minimum absolute atomic E-state index is 0.194. The first-order chi connectivity index (χ1) is 20.1. The average molecular weight is 593 g/mol. The zero-order valence-electron chi connectivity index (χ0n) is 23.0. The Bertz CT molecular complexity index is 1640. The first kappa shape index (κ1) is 28.3. The summed E-state index contributed by atoms with van der Waals surface area (Å²) < 4.78 is 40.1. The van der Waals surface area contributed by atoms with Crippen molar-refractivity contribution in [2.45, 2.75) is 56.3 Å². The molecule has 0 saturated heterocycles. The Hall–Kier alpha value is -3.79. The molecule has 218 valence electrons. The Morgan fingerprint density at radius 1 is 1.17 bits per heavy atom. The van der Waals surface area contributed by atoms with Gasteiger partial charge >= 0.3 is 0 Å². The third-order valence-electron chi connectivity index (χ3n) is 8.52. The van der Waals surface area contributed by atoms with Crippen LogP contribution in [0.2, 0.25) is 5.02 Å². The fraction of sp³-hybridized carbons (Fsp3) is 0.312. The molecule has 1 atom stereocenters. The Morgan fingerprint density at radius 3 is 2.57 bits per heavy atom. The maximum absolute atomic E-state index is 16.4. The molecule has 1 amide bonds. The van der Waals surface area contributed by atoms with E-state index in [-0.39, 0.29) is 17.3 Å². The van der Waals surface area contributed by atoms with E-state index in [1.165, 1.54) is 23.3 Å². The first-order valence-corrected chi connectivity index (χ1v) is 14.3. The predicted octanol–water partition coefficient (Wildman–Crippen LogP) is 5.68. The molecule has 1 aliphatic carbocycles. The molecule has 4 N–H and O–H groups in total. The van der Waals surface area contributed by atoms with E-state index in [9.17, 15) is 9.90 Å². The molecule has 6 rings (SSSR count). The van der Waals surface area contributed by atoms with Crippen LogP contribution in [0.3, 0.4) is 0 Å². The van der Waals surface area contributed by atoms with Gasteiger partial charge in [0.2, 0.25) is 0 Å². The summed E-state index contributed by atoms with van der Waals surface area (Å²) in [6, 6.07) is 15.0. The van der Waals surface area contributed by atoms with E-state index in [4.69, 9.17) is 22.1 Å². The monoisotopic (exact) mass is 592 g/mol. The minimum atomic E-state index is -1.14. The highest BCUT2D eigenvalue weighted by Gasteiger charge is 2.44. The van der Waals surface area contributed by atoms with Crippen LogP contribution < -0.4 is 15.8 Å². The second kappa shape index (κ2) is 10.8. The van der Waals surface area contributed by atoms with E-state index >= 15 is 8.78 Å². The third-order valence-corrected chi connectivity index (χ3v) is 8.86. The van der Waals surface area contributed by atoms with Crippen LogP contribution in [0.5, 0.6) is 5.75 Å².